The zero-order valence-corrected chi connectivity index (χ0v) is 10.5. The van der Waals surface area contributed by atoms with E-state index in [0.717, 1.165) is 17.4 Å². The van der Waals surface area contributed by atoms with Gasteiger partial charge in [0.05, 0.1) is 0 Å². The van der Waals surface area contributed by atoms with Gasteiger partial charge in [-0.25, -0.2) is 0 Å². The Bertz CT molecular complexity index is 586. The van der Waals surface area contributed by atoms with Gasteiger partial charge in [-0.3, -0.25) is 0 Å². The van der Waals surface area contributed by atoms with Crippen LogP contribution in [0.1, 0.15) is 11.7 Å². The summed E-state index contributed by atoms with van der Waals surface area (Å²) in [5.74, 6) is -3.80. The summed E-state index contributed by atoms with van der Waals surface area (Å²) < 4.78 is 75.8. The number of hydrogen-bond donors (Lipinski definition) is 1. The molecule has 1 aromatic carbocycles. The Morgan fingerprint density at radius 3 is 2.10 bits per heavy atom. The smallest absolute Gasteiger partial charge is 0.387 e. The highest BCUT2D eigenvalue weighted by Gasteiger charge is 2.60. The average Bonchev–Trinajstić information content (AvgIpc) is 2.71. The zero-order chi connectivity index (χ0) is 15.1. The summed E-state index contributed by atoms with van der Waals surface area (Å²) in [6, 6.07) is 5.51. The maximum atomic E-state index is 12.6. The van der Waals surface area contributed by atoms with Crippen molar-refractivity contribution in [2.24, 2.45) is 5.92 Å². The van der Waals surface area contributed by atoms with Gasteiger partial charge in [-0.15, -0.1) is 11.3 Å². The quantitative estimate of drug-likeness (QED) is 0.798. The van der Waals surface area contributed by atoms with Crippen molar-refractivity contribution in [3.8, 4) is 0 Å². The molecule has 0 saturated carbocycles. The van der Waals surface area contributed by atoms with Crippen LogP contribution >= 0.6 is 11.3 Å². The van der Waals surface area contributed by atoms with Crippen molar-refractivity contribution in [2.75, 3.05) is 0 Å². The lowest BCUT2D eigenvalue weighted by molar-refractivity contribution is -0.307. The Hall–Kier alpha value is -1.28. The molecule has 110 valence electrons. The first-order valence-electron chi connectivity index (χ1n) is 5.40. The van der Waals surface area contributed by atoms with E-state index in [9.17, 15) is 31.4 Å². The van der Waals surface area contributed by atoms with E-state index in [1.165, 1.54) is 11.4 Å². The van der Waals surface area contributed by atoms with E-state index in [1.807, 2.05) is 0 Å². The van der Waals surface area contributed by atoms with E-state index >= 15 is 0 Å². The third-order valence-electron chi connectivity index (χ3n) is 2.85. The van der Waals surface area contributed by atoms with Crippen LogP contribution in [0.2, 0.25) is 0 Å². The molecule has 8 heteroatoms. The minimum Gasteiger partial charge on any atom is -0.387 e. The summed E-state index contributed by atoms with van der Waals surface area (Å²) in [6.07, 6.45) is -13.8. The first-order valence-corrected chi connectivity index (χ1v) is 6.28. The summed E-state index contributed by atoms with van der Waals surface area (Å²) in [5.41, 5.74) is -0.364. The molecule has 0 fully saturated rings. The topological polar surface area (TPSA) is 20.2 Å². The van der Waals surface area contributed by atoms with Gasteiger partial charge < -0.3 is 5.11 Å². The number of halogens is 6. The van der Waals surface area contributed by atoms with Crippen molar-refractivity contribution in [1.82, 2.24) is 0 Å². The predicted octanol–water partition coefficient (Wildman–Crippen LogP) is 4.68. The molecular weight excluding hydrogens is 306 g/mol. The van der Waals surface area contributed by atoms with Crippen molar-refractivity contribution in [3.63, 3.8) is 0 Å². The van der Waals surface area contributed by atoms with Gasteiger partial charge in [0.1, 0.15) is 6.10 Å². The van der Waals surface area contributed by atoms with Crippen LogP contribution in [0, 0.1) is 5.92 Å². The van der Waals surface area contributed by atoms with E-state index in [4.69, 9.17) is 0 Å². The molecule has 1 atom stereocenters. The molecule has 1 heterocycles. The summed E-state index contributed by atoms with van der Waals surface area (Å²) in [5, 5.41) is 11.7. The van der Waals surface area contributed by atoms with Crippen molar-refractivity contribution >= 4 is 21.4 Å². The van der Waals surface area contributed by atoms with Crippen LogP contribution < -0.4 is 0 Å². The SMILES string of the molecule is OC(c1cccc2ccsc12)C(C(F)(F)F)C(F)(F)F. The van der Waals surface area contributed by atoms with Crippen LogP contribution in [-0.4, -0.2) is 17.5 Å². The molecule has 1 N–H and O–H groups in total. The van der Waals surface area contributed by atoms with E-state index in [0.29, 0.717) is 5.39 Å². The van der Waals surface area contributed by atoms with Gasteiger partial charge in [0.25, 0.3) is 0 Å². The molecule has 0 spiro atoms. The summed E-state index contributed by atoms with van der Waals surface area (Å²) in [4.78, 5) is 0. The fraction of sp³-hybridized carbons (Fsp3) is 0.333. The summed E-state index contributed by atoms with van der Waals surface area (Å²) in [7, 11) is 0. The van der Waals surface area contributed by atoms with Crippen molar-refractivity contribution in [1.29, 1.82) is 0 Å². The van der Waals surface area contributed by atoms with Crippen molar-refractivity contribution in [2.45, 2.75) is 18.5 Å². The standard InChI is InChI=1S/C12H8F6OS/c13-11(14,15)10(12(16,17)18)8(19)7-3-1-2-6-4-5-20-9(6)7/h1-5,8,10,19H. The third kappa shape index (κ3) is 2.76. The summed E-state index contributed by atoms with van der Waals surface area (Å²) >= 11 is 0.986. The number of fused-ring (bicyclic) bond motifs is 1. The third-order valence-corrected chi connectivity index (χ3v) is 3.83. The molecule has 0 bridgehead atoms. The van der Waals surface area contributed by atoms with Crippen LogP contribution in [0.5, 0.6) is 0 Å². The molecule has 0 radical (unpaired) electrons. The Balaban J connectivity index is 2.52. The maximum Gasteiger partial charge on any atom is 0.403 e. The molecule has 0 aliphatic carbocycles. The molecule has 0 aliphatic heterocycles. The Kier molecular flexibility index (Phi) is 3.72. The van der Waals surface area contributed by atoms with Crippen LogP contribution in [-0.2, 0) is 0 Å². The summed E-state index contributed by atoms with van der Waals surface area (Å²) in [6.45, 7) is 0. The van der Waals surface area contributed by atoms with E-state index in [-0.39, 0.29) is 10.3 Å². The Morgan fingerprint density at radius 1 is 0.950 bits per heavy atom. The van der Waals surface area contributed by atoms with Gasteiger partial charge >= 0.3 is 12.4 Å². The second kappa shape index (κ2) is 4.92. The molecule has 1 nitrogen and oxygen atoms in total. The Labute approximate surface area is 113 Å². The average molecular weight is 314 g/mol. The van der Waals surface area contributed by atoms with Gasteiger partial charge in [-0.2, -0.15) is 26.3 Å². The van der Waals surface area contributed by atoms with Crippen LogP contribution in [0.15, 0.2) is 29.6 Å². The first-order chi connectivity index (χ1) is 9.12. The molecule has 2 rings (SSSR count). The molecule has 0 aliphatic rings. The van der Waals surface area contributed by atoms with E-state index in [2.05, 4.69) is 0 Å². The molecule has 0 saturated heterocycles. The number of rotatable bonds is 2. The van der Waals surface area contributed by atoms with Gasteiger partial charge in [-0.05, 0) is 22.4 Å². The van der Waals surface area contributed by atoms with Crippen molar-refractivity contribution in [3.05, 3.63) is 35.2 Å². The molecule has 1 aromatic heterocycles. The fourth-order valence-corrected chi connectivity index (χ4v) is 2.92. The second-order valence-electron chi connectivity index (χ2n) is 4.19. The lowest BCUT2D eigenvalue weighted by atomic mass is 9.94. The highest BCUT2D eigenvalue weighted by Crippen LogP contribution is 2.47. The maximum absolute atomic E-state index is 12.6. The van der Waals surface area contributed by atoms with Gasteiger partial charge in [0.15, 0.2) is 5.92 Å². The predicted molar refractivity (Wildman–Crippen MR) is 62.4 cm³/mol. The minimum absolute atomic E-state index is 0.221. The molecule has 20 heavy (non-hydrogen) atoms. The van der Waals surface area contributed by atoms with Crippen LogP contribution in [0.4, 0.5) is 26.3 Å². The second-order valence-corrected chi connectivity index (χ2v) is 5.11. The zero-order valence-electron chi connectivity index (χ0n) is 9.66. The van der Waals surface area contributed by atoms with Gasteiger partial charge in [0, 0.05) is 4.70 Å². The van der Waals surface area contributed by atoms with Gasteiger partial charge in [0.2, 0.25) is 0 Å². The number of alkyl halides is 6. The van der Waals surface area contributed by atoms with Gasteiger partial charge in [-0.1, -0.05) is 18.2 Å². The lowest BCUT2D eigenvalue weighted by Crippen LogP contribution is -2.40. The highest BCUT2D eigenvalue weighted by atomic mass is 32.1. The van der Waals surface area contributed by atoms with Crippen LogP contribution in [0.3, 0.4) is 0 Å². The molecular formula is C12H8F6OS. The molecule has 1 unspecified atom stereocenters. The number of benzene rings is 1. The molecule has 2 aromatic rings. The monoisotopic (exact) mass is 314 g/mol. The highest BCUT2D eigenvalue weighted by molar-refractivity contribution is 7.17. The van der Waals surface area contributed by atoms with E-state index < -0.39 is 24.4 Å². The lowest BCUT2D eigenvalue weighted by Gasteiger charge is -2.27. The van der Waals surface area contributed by atoms with E-state index in [1.54, 1.807) is 12.1 Å². The Morgan fingerprint density at radius 2 is 1.55 bits per heavy atom. The number of hydrogen-bond acceptors (Lipinski definition) is 2. The van der Waals surface area contributed by atoms with Crippen molar-refractivity contribution < 1.29 is 31.4 Å². The van der Waals surface area contributed by atoms with Crippen LogP contribution in [0.25, 0.3) is 10.1 Å². The largest absolute Gasteiger partial charge is 0.403 e. The number of thiophene rings is 1. The first kappa shape index (κ1) is 15.1. The number of aliphatic hydroxyl groups is 1. The fourth-order valence-electron chi connectivity index (χ4n) is 1.97. The minimum atomic E-state index is -5.57. The normalized spacial score (nSPS) is 15.0. The number of aliphatic hydroxyl groups excluding tert-OH is 1. The molecule has 0 amide bonds.